The van der Waals surface area contributed by atoms with Crippen LogP contribution >= 0.6 is 0 Å². The fraction of sp³-hybridized carbons (Fsp3) is 0.158. The Balaban J connectivity index is 1.79. The van der Waals surface area contributed by atoms with Gasteiger partial charge < -0.3 is 10.2 Å². The first-order chi connectivity index (χ1) is 11.2. The van der Waals surface area contributed by atoms with Crippen molar-refractivity contribution in [3.63, 3.8) is 0 Å². The lowest BCUT2D eigenvalue weighted by atomic mass is 10.2. The van der Waals surface area contributed by atoms with Gasteiger partial charge in [0.25, 0.3) is 0 Å². The molecule has 3 aromatic rings. The van der Waals surface area contributed by atoms with Gasteiger partial charge in [0.1, 0.15) is 17.5 Å². The summed E-state index contributed by atoms with van der Waals surface area (Å²) in [5.74, 6) is 2.46. The van der Waals surface area contributed by atoms with Gasteiger partial charge in [-0.25, -0.2) is 9.97 Å². The third kappa shape index (κ3) is 3.86. The van der Waals surface area contributed by atoms with Crippen LogP contribution in [0.15, 0.2) is 66.7 Å². The summed E-state index contributed by atoms with van der Waals surface area (Å²) in [6.45, 7) is 2.65. The molecule has 1 N–H and O–H groups in total. The van der Waals surface area contributed by atoms with Crippen LogP contribution in [0, 0.1) is 6.92 Å². The largest absolute Gasteiger partial charge is 0.366 e. The second-order valence-electron chi connectivity index (χ2n) is 5.39. The molecule has 2 aromatic carbocycles. The summed E-state index contributed by atoms with van der Waals surface area (Å²) in [6, 6.07) is 22.4. The van der Waals surface area contributed by atoms with Gasteiger partial charge in [-0.3, -0.25) is 0 Å². The first-order valence-corrected chi connectivity index (χ1v) is 7.64. The molecule has 4 heteroatoms. The van der Waals surface area contributed by atoms with Crippen LogP contribution < -0.4 is 10.2 Å². The molecule has 0 saturated carbocycles. The van der Waals surface area contributed by atoms with Crippen LogP contribution in [0.4, 0.5) is 17.3 Å². The Morgan fingerprint density at radius 1 is 0.913 bits per heavy atom. The average molecular weight is 304 g/mol. The maximum Gasteiger partial charge on any atom is 0.138 e. The molecule has 3 rings (SSSR count). The lowest BCUT2D eigenvalue weighted by Gasteiger charge is -2.19. The molecule has 0 radical (unpaired) electrons. The Morgan fingerprint density at radius 3 is 2.26 bits per heavy atom. The summed E-state index contributed by atoms with van der Waals surface area (Å²) >= 11 is 0. The van der Waals surface area contributed by atoms with Gasteiger partial charge in [-0.05, 0) is 24.6 Å². The number of hydrogen-bond donors (Lipinski definition) is 1. The van der Waals surface area contributed by atoms with Gasteiger partial charge in [-0.1, -0.05) is 48.5 Å². The second kappa shape index (κ2) is 6.92. The standard InChI is InChI=1S/C19H20N4/c1-15-21-18(20-14-16-9-5-3-6-10-16)13-19(22-15)23(2)17-11-7-4-8-12-17/h3-13H,14H2,1-2H3,(H,20,21,22). The molecular formula is C19H20N4. The van der Waals surface area contributed by atoms with Crippen LogP contribution in [0.5, 0.6) is 0 Å². The van der Waals surface area contributed by atoms with Crippen LogP contribution in [0.3, 0.4) is 0 Å². The minimum Gasteiger partial charge on any atom is -0.366 e. The molecule has 0 aliphatic rings. The van der Waals surface area contributed by atoms with Gasteiger partial charge >= 0.3 is 0 Å². The first kappa shape index (κ1) is 15.0. The Labute approximate surface area is 136 Å². The number of rotatable bonds is 5. The van der Waals surface area contributed by atoms with E-state index in [0.29, 0.717) is 0 Å². The number of anilines is 3. The van der Waals surface area contributed by atoms with E-state index in [1.807, 2.05) is 56.4 Å². The Morgan fingerprint density at radius 2 is 1.57 bits per heavy atom. The van der Waals surface area contributed by atoms with Crippen molar-refractivity contribution in [2.75, 3.05) is 17.3 Å². The molecule has 1 heterocycles. The topological polar surface area (TPSA) is 41.1 Å². The molecule has 4 nitrogen and oxygen atoms in total. The van der Waals surface area contributed by atoms with E-state index >= 15 is 0 Å². The number of benzene rings is 2. The van der Waals surface area contributed by atoms with E-state index in [1.54, 1.807) is 0 Å². The molecule has 0 unspecified atom stereocenters. The molecule has 0 aliphatic heterocycles. The summed E-state index contributed by atoms with van der Waals surface area (Å²) < 4.78 is 0. The summed E-state index contributed by atoms with van der Waals surface area (Å²) in [4.78, 5) is 11.1. The molecule has 116 valence electrons. The first-order valence-electron chi connectivity index (χ1n) is 7.64. The zero-order valence-corrected chi connectivity index (χ0v) is 13.4. The van der Waals surface area contributed by atoms with E-state index < -0.39 is 0 Å². The molecule has 1 aromatic heterocycles. The fourth-order valence-electron chi connectivity index (χ4n) is 2.39. The van der Waals surface area contributed by atoms with Crippen molar-refractivity contribution in [2.45, 2.75) is 13.5 Å². The Hall–Kier alpha value is -2.88. The van der Waals surface area contributed by atoms with Crippen molar-refractivity contribution in [1.82, 2.24) is 9.97 Å². The van der Waals surface area contributed by atoms with Crippen molar-refractivity contribution in [1.29, 1.82) is 0 Å². The Bertz CT molecular complexity index is 757. The zero-order valence-electron chi connectivity index (χ0n) is 13.4. The summed E-state index contributed by atoms with van der Waals surface area (Å²) in [7, 11) is 2.01. The molecule has 0 amide bonds. The van der Waals surface area contributed by atoms with Gasteiger partial charge in [0.15, 0.2) is 0 Å². The number of para-hydroxylation sites is 1. The molecule has 0 bridgehead atoms. The van der Waals surface area contributed by atoms with Crippen LogP contribution in [-0.2, 0) is 6.54 Å². The summed E-state index contributed by atoms with van der Waals surface area (Å²) in [6.07, 6.45) is 0. The quantitative estimate of drug-likeness (QED) is 0.768. The lowest BCUT2D eigenvalue weighted by molar-refractivity contribution is 0.995. The summed E-state index contributed by atoms with van der Waals surface area (Å²) in [5.41, 5.74) is 2.32. The van der Waals surface area contributed by atoms with Crippen molar-refractivity contribution >= 4 is 17.3 Å². The van der Waals surface area contributed by atoms with E-state index in [9.17, 15) is 0 Å². The molecule has 0 spiro atoms. The van der Waals surface area contributed by atoms with Gasteiger partial charge in [-0.2, -0.15) is 0 Å². The van der Waals surface area contributed by atoms with E-state index in [1.165, 1.54) is 5.56 Å². The van der Waals surface area contributed by atoms with Crippen LogP contribution in [0.25, 0.3) is 0 Å². The smallest absolute Gasteiger partial charge is 0.138 e. The highest BCUT2D eigenvalue weighted by Gasteiger charge is 2.08. The third-order valence-electron chi connectivity index (χ3n) is 3.63. The average Bonchev–Trinajstić information content (AvgIpc) is 2.60. The minimum atomic E-state index is 0.742. The third-order valence-corrected chi connectivity index (χ3v) is 3.63. The number of nitrogens with zero attached hydrogens (tertiary/aromatic N) is 3. The van der Waals surface area contributed by atoms with Gasteiger partial charge in [0.05, 0.1) is 0 Å². The SMILES string of the molecule is Cc1nc(NCc2ccccc2)cc(N(C)c2ccccc2)n1. The maximum atomic E-state index is 4.54. The van der Waals surface area contributed by atoms with Gasteiger partial charge in [-0.15, -0.1) is 0 Å². The number of aromatic nitrogens is 2. The Kier molecular flexibility index (Phi) is 4.52. The molecule has 0 aliphatic carbocycles. The second-order valence-corrected chi connectivity index (χ2v) is 5.39. The predicted octanol–water partition coefficient (Wildman–Crippen LogP) is 4.17. The lowest BCUT2D eigenvalue weighted by Crippen LogP contribution is -2.13. The number of aryl methyl sites for hydroxylation is 1. The predicted molar refractivity (Wildman–Crippen MR) is 95.0 cm³/mol. The van der Waals surface area contributed by atoms with Crippen LogP contribution in [-0.4, -0.2) is 17.0 Å². The molecular weight excluding hydrogens is 284 g/mol. The van der Waals surface area contributed by atoms with Crippen LogP contribution in [0.2, 0.25) is 0 Å². The summed E-state index contributed by atoms with van der Waals surface area (Å²) in [5, 5.41) is 3.37. The van der Waals surface area contributed by atoms with Crippen molar-refractivity contribution in [3.05, 3.63) is 78.1 Å². The van der Waals surface area contributed by atoms with Crippen molar-refractivity contribution in [2.24, 2.45) is 0 Å². The van der Waals surface area contributed by atoms with Gasteiger partial charge in [0.2, 0.25) is 0 Å². The fourth-order valence-corrected chi connectivity index (χ4v) is 2.39. The highest BCUT2D eigenvalue weighted by atomic mass is 15.2. The number of nitrogens with one attached hydrogen (secondary N) is 1. The normalized spacial score (nSPS) is 10.3. The van der Waals surface area contributed by atoms with E-state index in [4.69, 9.17) is 0 Å². The number of hydrogen-bond acceptors (Lipinski definition) is 4. The zero-order chi connectivity index (χ0) is 16.1. The minimum absolute atomic E-state index is 0.742. The van der Waals surface area contributed by atoms with E-state index in [0.717, 1.165) is 29.7 Å². The van der Waals surface area contributed by atoms with Gasteiger partial charge in [0, 0.05) is 25.3 Å². The highest BCUT2D eigenvalue weighted by Crippen LogP contribution is 2.23. The monoisotopic (exact) mass is 304 g/mol. The maximum absolute atomic E-state index is 4.54. The van der Waals surface area contributed by atoms with Crippen LogP contribution in [0.1, 0.15) is 11.4 Å². The molecule has 0 atom stereocenters. The highest BCUT2D eigenvalue weighted by molar-refractivity contribution is 5.61. The molecule has 23 heavy (non-hydrogen) atoms. The molecule has 0 fully saturated rings. The van der Waals surface area contributed by atoms with Crippen molar-refractivity contribution in [3.8, 4) is 0 Å². The van der Waals surface area contributed by atoms with E-state index in [-0.39, 0.29) is 0 Å². The van der Waals surface area contributed by atoms with E-state index in [2.05, 4.69) is 44.5 Å². The van der Waals surface area contributed by atoms with Crippen molar-refractivity contribution < 1.29 is 0 Å². The molecule has 0 saturated heterocycles.